The number of quaternary nitrogens is 1. The molecule has 25 heavy (non-hydrogen) atoms. The lowest BCUT2D eigenvalue weighted by Crippen LogP contribution is -2.98. The second kappa shape index (κ2) is 6.15. The highest BCUT2D eigenvalue weighted by Gasteiger charge is 2.71. The Morgan fingerprint density at radius 2 is 1.88 bits per heavy atom. The van der Waals surface area contributed by atoms with Gasteiger partial charge in [0, 0.05) is 18.5 Å². The Morgan fingerprint density at radius 3 is 2.40 bits per heavy atom. The molecule has 2 heterocycles. The lowest BCUT2D eigenvalue weighted by Gasteiger charge is -2.27. The summed E-state index contributed by atoms with van der Waals surface area (Å²) in [5, 5.41) is 11.3. The number of rotatable bonds is 4. The van der Waals surface area contributed by atoms with Crippen molar-refractivity contribution in [3.05, 3.63) is 29.8 Å². The number of imide groups is 1. The third-order valence-corrected chi connectivity index (χ3v) is 5.61. The normalized spacial score (nSPS) is 31.3. The molecule has 0 spiro atoms. The molecule has 0 aliphatic carbocycles. The average molecular weight is 347 g/mol. The molecule has 134 valence electrons. The van der Waals surface area contributed by atoms with Crippen molar-refractivity contribution in [1.82, 2.24) is 4.90 Å². The lowest BCUT2D eigenvalue weighted by atomic mass is 9.78. The van der Waals surface area contributed by atoms with E-state index in [2.05, 4.69) is 0 Å². The molecule has 2 aliphatic rings. The van der Waals surface area contributed by atoms with E-state index in [1.165, 1.54) is 12.0 Å². The van der Waals surface area contributed by atoms with Gasteiger partial charge >= 0.3 is 5.97 Å². The largest absolute Gasteiger partial charge is 0.508 e. The SMILES string of the molecule is CCN1C(=O)[C@H]2[C@@H](C1=O)[C@](CC)(C(=O)OC)[NH2+][C@H]2c1ccc(O)cc1. The molecule has 7 heteroatoms. The predicted molar refractivity (Wildman–Crippen MR) is 87.2 cm³/mol. The van der Waals surface area contributed by atoms with Crippen molar-refractivity contribution in [2.24, 2.45) is 11.8 Å². The molecule has 3 rings (SSSR count). The average Bonchev–Trinajstić information content (AvgIpc) is 3.10. The van der Waals surface area contributed by atoms with E-state index < -0.39 is 23.3 Å². The van der Waals surface area contributed by atoms with Gasteiger partial charge in [-0.2, -0.15) is 0 Å². The molecular formula is C18H23N2O5+. The van der Waals surface area contributed by atoms with Crippen LogP contribution < -0.4 is 5.32 Å². The molecule has 2 amide bonds. The van der Waals surface area contributed by atoms with Crippen LogP contribution in [0.25, 0.3) is 0 Å². The van der Waals surface area contributed by atoms with Crippen LogP contribution in [0.15, 0.2) is 24.3 Å². The second-order valence-electron chi connectivity index (χ2n) is 6.59. The Balaban J connectivity index is 2.13. The van der Waals surface area contributed by atoms with Crippen molar-refractivity contribution in [3.63, 3.8) is 0 Å². The van der Waals surface area contributed by atoms with Crippen LogP contribution in [0.5, 0.6) is 5.75 Å². The number of carbonyl (C=O) groups is 3. The van der Waals surface area contributed by atoms with E-state index in [4.69, 9.17) is 4.74 Å². The van der Waals surface area contributed by atoms with Gasteiger partial charge in [0.25, 0.3) is 0 Å². The van der Waals surface area contributed by atoms with E-state index in [9.17, 15) is 19.5 Å². The molecule has 0 radical (unpaired) electrons. The molecule has 2 saturated heterocycles. The monoisotopic (exact) mass is 347 g/mol. The summed E-state index contributed by atoms with van der Waals surface area (Å²) in [7, 11) is 1.30. The van der Waals surface area contributed by atoms with Crippen LogP contribution in [0, 0.1) is 11.8 Å². The Bertz CT molecular complexity index is 717. The fourth-order valence-corrected chi connectivity index (χ4v) is 4.36. The Morgan fingerprint density at radius 1 is 1.24 bits per heavy atom. The van der Waals surface area contributed by atoms with E-state index in [0.29, 0.717) is 6.42 Å². The first-order valence-electron chi connectivity index (χ1n) is 8.49. The maximum Gasteiger partial charge on any atom is 0.368 e. The predicted octanol–water partition coefficient (Wildman–Crippen LogP) is -0.0468. The smallest absolute Gasteiger partial charge is 0.368 e. The Kier molecular flexibility index (Phi) is 4.28. The number of phenolic OH excluding ortho intramolecular Hbond substituents is 1. The van der Waals surface area contributed by atoms with Gasteiger partial charge in [-0.05, 0) is 31.2 Å². The highest BCUT2D eigenvalue weighted by molar-refractivity contribution is 6.08. The zero-order valence-corrected chi connectivity index (χ0v) is 14.6. The van der Waals surface area contributed by atoms with E-state index in [1.54, 1.807) is 31.2 Å². The molecule has 2 aliphatic heterocycles. The van der Waals surface area contributed by atoms with Gasteiger partial charge < -0.3 is 15.2 Å². The van der Waals surface area contributed by atoms with Gasteiger partial charge in [-0.3, -0.25) is 14.5 Å². The van der Waals surface area contributed by atoms with Crippen molar-refractivity contribution in [2.45, 2.75) is 31.8 Å². The van der Waals surface area contributed by atoms with E-state index in [-0.39, 0.29) is 30.2 Å². The fourth-order valence-electron chi connectivity index (χ4n) is 4.36. The number of aromatic hydroxyl groups is 1. The van der Waals surface area contributed by atoms with Crippen molar-refractivity contribution < 1.29 is 29.5 Å². The van der Waals surface area contributed by atoms with Gasteiger partial charge in [-0.1, -0.05) is 6.92 Å². The summed E-state index contributed by atoms with van der Waals surface area (Å²) < 4.78 is 5.00. The van der Waals surface area contributed by atoms with Crippen molar-refractivity contribution in [2.75, 3.05) is 13.7 Å². The highest BCUT2D eigenvalue weighted by atomic mass is 16.5. The molecule has 4 atom stereocenters. The van der Waals surface area contributed by atoms with E-state index in [1.807, 2.05) is 12.2 Å². The molecule has 0 aromatic heterocycles. The molecule has 3 N–H and O–H groups in total. The Labute approximate surface area is 146 Å². The number of phenols is 1. The first-order valence-corrected chi connectivity index (χ1v) is 8.49. The standard InChI is InChI=1S/C18H22N2O5/c1-4-18(17(24)25-3)13-12(15(22)20(5-2)16(13)23)14(19-18)10-6-8-11(21)9-7-10/h6-9,12-14,19,21H,4-5H2,1-3H3/p+1/t12-,13-,14-,18+/m0/s1. The first kappa shape index (κ1) is 17.4. The van der Waals surface area contributed by atoms with Crippen LogP contribution in [-0.2, 0) is 19.1 Å². The van der Waals surface area contributed by atoms with Crippen LogP contribution in [0.2, 0.25) is 0 Å². The summed E-state index contributed by atoms with van der Waals surface area (Å²) in [5.41, 5.74) is -0.315. The lowest BCUT2D eigenvalue weighted by molar-refractivity contribution is -0.734. The zero-order valence-electron chi connectivity index (χ0n) is 14.6. The third kappa shape index (κ3) is 2.33. The third-order valence-electron chi connectivity index (χ3n) is 5.61. The minimum absolute atomic E-state index is 0.122. The number of methoxy groups -OCH3 is 1. The number of fused-ring (bicyclic) bond motifs is 1. The summed E-state index contributed by atoms with van der Waals surface area (Å²) in [6.07, 6.45) is 0.381. The minimum Gasteiger partial charge on any atom is -0.508 e. The number of nitrogens with zero attached hydrogens (tertiary/aromatic N) is 1. The van der Waals surface area contributed by atoms with Crippen molar-refractivity contribution in [3.8, 4) is 5.75 Å². The van der Waals surface area contributed by atoms with Crippen LogP contribution in [0.1, 0.15) is 31.9 Å². The topological polar surface area (TPSA) is 101 Å². The molecule has 0 bridgehead atoms. The number of amides is 2. The van der Waals surface area contributed by atoms with Gasteiger partial charge in [0.05, 0.1) is 7.11 Å². The number of likely N-dealkylation sites (tertiary alicyclic amines) is 1. The number of hydrogen-bond donors (Lipinski definition) is 2. The maximum absolute atomic E-state index is 12.9. The summed E-state index contributed by atoms with van der Waals surface area (Å²) in [5.74, 6) is -2.26. The second-order valence-corrected chi connectivity index (χ2v) is 6.59. The van der Waals surface area contributed by atoms with Gasteiger partial charge in [0.2, 0.25) is 17.4 Å². The summed E-state index contributed by atoms with van der Waals surface area (Å²) in [6.45, 7) is 3.87. The highest BCUT2D eigenvalue weighted by Crippen LogP contribution is 2.45. The number of benzene rings is 1. The molecule has 0 unspecified atom stereocenters. The number of ether oxygens (including phenoxy) is 1. The van der Waals surface area contributed by atoms with Gasteiger partial charge in [-0.25, -0.2) is 4.79 Å². The Hall–Kier alpha value is -2.41. The molecule has 1 aromatic carbocycles. The van der Waals surface area contributed by atoms with E-state index >= 15 is 0 Å². The molecule has 2 fully saturated rings. The first-order chi connectivity index (χ1) is 11.9. The van der Waals surface area contributed by atoms with Crippen molar-refractivity contribution >= 4 is 17.8 Å². The quantitative estimate of drug-likeness (QED) is 0.588. The van der Waals surface area contributed by atoms with Crippen LogP contribution in [-0.4, -0.2) is 47.0 Å². The summed E-state index contributed by atoms with van der Waals surface area (Å²) in [6, 6.07) is 6.16. The fraction of sp³-hybridized carbons (Fsp3) is 0.500. The number of esters is 1. The van der Waals surface area contributed by atoms with Gasteiger partial charge in [-0.15, -0.1) is 0 Å². The minimum atomic E-state index is -1.11. The number of nitrogens with two attached hydrogens (primary N) is 1. The summed E-state index contributed by atoms with van der Waals surface area (Å²) in [4.78, 5) is 39.6. The maximum atomic E-state index is 12.9. The summed E-state index contributed by atoms with van der Waals surface area (Å²) >= 11 is 0. The molecule has 0 saturated carbocycles. The van der Waals surface area contributed by atoms with Crippen LogP contribution in [0.3, 0.4) is 0 Å². The zero-order chi connectivity index (χ0) is 18.4. The molecule has 7 nitrogen and oxygen atoms in total. The van der Waals surface area contributed by atoms with Gasteiger partial charge in [0.1, 0.15) is 23.6 Å². The van der Waals surface area contributed by atoms with Crippen LogP contribution >= 0.6 is 0 Å². The van der Waals surface area contributed by atoms with Gasteiger partial charge in [0.15, 0.2) is 0 Å². The molecule has 1 aromatic rings. The number of hydrogen-bond acceptors (Lipinski definition) is 5. The van der Waals surface area contributed by atoms with E-state index in [0.717, 1.165) is 5.56 Å². The number of carbonyl (C=O) groups excluding carboxylic acids is 3. The van der Waals surface area contributed by atoms with Crippen molar-refractivity contribution in [1.29, 1.82) is 0 Å². The van der Waals surface area contributed by atoms with Crippen LogP contribution in [0.4, 0.5) is 0 Å². The molecular weight excluding hydrogens is 324 g/mol.